The number of aliphatic carboxylic acids is 1. The fourth-order valence-electron chi connectivity index (χ4n) is 2.02. The van der Waals surface area contributed by atoms with Crippen molar-refractivity contribution in [1.82, 2.24) is 10.6 Å². The van der Waals surface area contributed by atoms with Gasteiger partial charge in [0.05, 0.1) is 13.2 Å². The van der Waals surface area contributed by atoms with Crippen LogP contribution in [0.15, 0.2) is 12.1 Å². The molecule has 3 N–H and O–H groups in total. The largest absolute Gasteiger partial charge is 0.479 e. The average molecular weight is 298 g/mol. The molecular formula is C13H18N2O4S. The highest BCUT2D eigenvalue weighted by atomic mass is 32.1. The quantitative estimate of drug-likeness (QED) is 0.766. The highest BCUT2D eigenvalue weighted by Gasteiger charge is 2.43. The van der Waals surface area contributed by atoms with Crippen molar-refractivity contribution >= 4 is 23.3 Å². The lowest BCUT2D eigenvalue weighted by Gasteiger charge is -2.23. The van der Waals surface area contributed by atoms with Crippen LogP contribution in [-0.4, -0.2) is 35.9 Å². The van der Waals surface area contributed by atoms with E-state index in [-0.39, 0.29) is 13.0 Å². The maximum atomic E-state index is 11.8. The van der Waals surface area contributed by atoms with Gasteiger partial charge < -0.3 is 20.5 Å². The Kier molecular flexibility index (Phi) is 4.61. The Morgan fingerprint density at radius 1 is 1.45 bits per heavy atom. The molecule has 1 aromatic rings. The lowest BCUT2D eigenvalue weighted by atomic mass is 9.99. The average Bonchev–Trinajstić information content (AvgIpc) is 3.05. The minimum atomic E-state index is -1.30. The van der Waals surface area contributed by atoms with Gasteiger partial charge in [0.1, 0.15) is 0 Å². The highest BCUT2D eigenvalue weighted by Crippen LogP contribution is 2.19. The minimum Gasteiger partial charge on any atom is -0.479 e. The number of nitrogens with one attached hydrogen (secondary N) is 2. The van der Waals surface area contributed by atoms with Crippen LogP contribution in [0.2, 0.25) is 0 Å². The van der Waals surface area contributed by atoms with Crippen LogP contribution in [0.3, 0.4) is 0 Å². The van der Waals surface area contributed by atoms with Crippen LogP contribution in [0.25, 0.3) is 0 Å². The van der Waals surface area contributed by atoms with Crippen LogP contribution in [0.4, 0.5) is 4.79 Å². The van der Waals surface area contributed by atoms with Crippen molar-refractivity contribution in [2.24, 2.45) is 0 Å². The summed E-state index contributed by atoms with van der Waals surface area (Å²) in [6.45, 7) is 2.83. The third-order valence-electron chi connectivity index (χ3n) is 3.27. The summed E-state index contributed by atoms with van der Waals surface area (Å²) in [5.41, 5.74) is -1.30. The molecule has 20 heavy (non-hydrogen) atoms. The molecule has 0 spiro atoms. The Balaban J connectivity index is 1.87. The summed E-state index contributed by atoms with van der Waals surface area (Å²) in [4.78, 5) is 25.4. The maximum absolute atomic E-state index is 11.8. The molecule has 2 heterocycles. The molecule has 7 heteroatoms. The molecule has 1 aromatic heterocycles. The molecule has 6 nitrogen and oxygen atoms in total. The molecule has 0 saturated carbocycles. The smallest absolute Gasteiger partial charge is 0.332 e. The molecule has 1 fully saturated rings. The third kappa shape index (κ3) is 3.29. The van der Waals surface area contributed by atoms with Crippen molar-refractivity contribution in [3.05, 3.63) is 21.9 Å². The number of carboxylic acids is 1. The van der Waals surface area contributed by atoms with E-state index in [0.717, 1.165) is 11.3 Å². The Morgan fingerprint density at radius 2 is 2.20 bits per heavy atom. The Bertz CT molecular complexity index is 494. The van der Waals surface area contributed by atoms with Gasteiger partial charge in [-0.2, -0.15) is 0 Å². The monoisotopic (exact) mass is 298 g/mol. The first kappa shape index (κ1) is 14.8. The van der Waals surface area contributed by atoms with Gasteiger partial charge in [-0.1, -0.05) is 6.92 Å². The van der Waals surface area contributed by atoms with Gasteiger partial charge in [-0.3, -0.25) is 0 Å². The van der Waals surface area contributed by atoms with Crippen molar-refractivity contribution < 1.29 is 19.4 Å². The maximum Gasteiger partial charge on any atom is 0.332 e. The molecular weight excluding hydrogens is 280 g/mol. The van der Waals surface area contributed by atoms with Gasteiger partial charge in [-0.05, 0) is 18.6 Å². The number of urea groups is 1. The standard InChI is InChI=1S/C13H18N2O4S/c1-2-9-3-4-10(20-9)7-14-12(18)15-13(11(16)17)5-6-19-8-13/h3-4H,2,5-8H2,1H3,(H,16,17)(H2,14,15,18). The van der Waals surface area contributed by atoms with Crippen LogP contribution < -0.4 is 10.6 Å². The summed E-state index contributed by atoms with van der Waals surface area (Å²) < 4.78 is 5.08. The van der Waals surface area contributed by atoms with E-state index in [1.165, 1.54) is 4.88 Å². The highest BCUT2D eigenvalue weighted by molar-refractivity contribution is 7.11. The van der Waals surface area contributed by atoms with Gasteiger partial charge in [0, 0.05) is 22.8 Å². The molecule has 1 unspecified atom stereocenters. The molecule has 1 saturated heterocycles. The lowest BCUT2D eigenvalue weighted by molar-refractivity contribution is -0.144. The number of ether oxygens (including phenoxy) is 1. The van der Waals surface area contributed by atoms with E-state index in [1.54, 1.807) is 11.3 Å². The molecule has 2 amide bonds. The Morgan fingerprint density at radius 3 is 2.75 bits per heavy atom. The summed E-state index contributed by atoms with van der Waals surface area (Å²) >= 11 is 1.64. The molecule has 0 radical (unpaired) electrons. The Hall–Kier alpha value is -1.60. The number of hydrogen-bond acceptors (Lipinski definition) is 4. The normalized spacial score (nSPS) is 21.6. The van der Waals surface area contributed by atoms with Crippen LogP contribution >= 0.6 is 11.3 Å². The second-order valence-corrected chi connectivity index (χ2v) is 5.97. The predicted octanol–water partition coefficient (Wildman–Crippen LogP) is 1.35. The van der Waals surface area contributed by atoms with Crippen LogP contribution in [0.5, 0.6) is 0 Å². The molecule has 1 aliphatic heterocycles. The fourth-order valence-corrected chi connectivity index (χ4v) is 2.92. The van der Waals surface area contributed by atoms with Crippen LogP contribution in [0.1, 0.15) is 23.1 Å². The third-order valence-corrected chi connectivity index (χ3v) is 4.50. The number of thiophene rings is 1. The number of carbonyl (C=O) groups excluding carboxylic acids is 1. The van der Waals surface area contributed by atoms with Gasteiger partial charge in [-0.25, -0.2) is 9.59 Å². The first-order valence-electron chi connectivity index (χ1n) is 6.50. The molecule has 2 rings (SSSR count). The summed E-state index contributed by atoms with van der Waals surface area (Å²) in [6, 6.07) is 3.52. The van der Waals surface area contributed by atoms with E-state index in [4.69, 9.17) is 4.74 Å². The molecule has 1 atom stereocenters. The van der Waals surface area contributed by atoms with Gasteiger partial charge >= 0.3 is 12.0 Å². The van der Waals surface area contributed by atoms with E-state index >= 15 is 0 Å². The van der Waals surface area contributed by atoms with E-state index in [9.17, 15) is 14.7 Å². The first-order chi connectivity index (χ1) is 9.55. The van der Waals surface area contributed by atoms with E-state index in [2.05, 4.69) is 17.6 Å². The number of amides is 2. The molecule has 110 valence electrons. The summed E-state index contributed by atoms with van der Waals surface area (Å²) in [5.74, 6) is -1.06. The van der Waals surface area contributed by atoms with Crippen molar-refractivity contribution in [2.45, 2.75) is 31.8 Å². The second kappa shape index (κ2) is 6.23. The summed E-state index contributed by atoms with van der Waals surface area (Å²) in [5, 5.41) is 14.4. The number of carbonyl (C=O) groups is 2. The van der Waals surface area contributed by atoms with Crippen molar-refractivity contribution in [2.75, 3.05) is 13.2 Å². The van der Waals surface area contributed by atoms with Gasteiger partial charge in [0.2, 0.25) is 0 Å². The van der Waals surface area contributed by atoms with Gasteiger partial charge in [0.25, 0.3) is 0 Å². The molecule has 1 aliphatic rings. The summed E-state index contributed by atoms with van der Waals surface area (Å²) in [6.07, 6.45) is 1.26. The SMILES string of the molecule is CCc1ccc(CNC(=O)NC2(C(=O)O)CCOC2)s1. The van der Waals surface area contributed by atoms with Crippen molar-refractivity contribution in [3.8, 4) is 0 Å². The van der Waals surface area contributed by atoms with E-state index < -0.39 is 17.5 Å². The number of hydrogen-bond donors (Lipinski definition) is 3. The first-order valence-corrected chi connectivity index (χ1v) is 7.32. The van der Waals surface area contributed by atoms with E-state index in [0.29, 0.717) is 13.2 Å². The van der Waals surface area contributed by atoms with Crippen LogP contribution in [0, 0.1) is 0 Å². The number of aryl methyl sites for hydroxylation is 1. The lowest BCUT2D eigenvalue weighted by Crippen LogP contribution is -2.57. The number of rotatable bonds is 5. The van der Waals surface area contributed by atoms with Crippen molar-refractivity contribution in [3.63, 3.8) is 0 Å². The zero-order chi connectivity index (χ0) is 14.6. The zero-order valence-electron chi connectivity index (χ0n) is 11.3. The Labute approximate surface area is 121 Å². The van der Waals surface area contributed by atoms with E-state index in [1.807, 2.05) is 12.1 Å². The molecule has 0 bridgehead atoms. The number of carboxylic acid groups (broad SMARTS) is 1. The van der Waals surface area contributed by atoms with Crippen LogP contribution in [-0.2, 0) is 22.5 Å². The zero-order valence-corrected chi connectivity index (χ0v) is 12.1. The predicted molar refractivity (Wildman–Crippen MR) is 74.9 cm³/mol. The topological polar surface area (TPSA) is 87.7 Å². The van der Waals surface area contributed by atoms with Gasteiger partial charge in [0.15, 0.2) is 5.54 Å². The minimum absolute atomic E-state index is 0.00867. The fraction of sp³-hybridized carbons (Fsp3) is 0.538. The molecule has 0 aliphatic carbocycles. The molecule has 0 aromatic carbocycles. The van der Waals surface area contributed by atoms with Gasteiger partial charge in [-0.15, -0.1) is 11.3 Å². The van der Waals surface area contributed by atoms with Crippen molar-refractivity contribution in [1.29, 1.82) is 0 Å². The second-order valence-electron chi connectivity index (χ2n) is 4.72. The summed E-state index contributed by atoms with van der Waals surface area (Å²) in [7, 11) is 0.